The van der Waals surface area contributed by atoms with Gasteiger partial charge < -0.3 is 74.4 Å². The Bertz CT molecular complexity index is 1280. The highest BCUT2D eigenvalue weighted by Crippen LogP contribution is 2.34. The highest BCUT2D eigenvalue weighted by atomic mass is 16.7. The average Bonchev–Trinajstić information content (AvgIpc) is 3.07. The fraction of sp³-hybridized carbons (Fsp3) is 0.625. The Morgan fingerprint density at radius 2 is 1.09 bits per heavy atom. The maximum absolute atomic E-state index is 10.6. The van der Waals surface area contributed by atoms with E-state index in [1.54, 1.807) is 24.3 Å². The standard InChI is InChI=1S/C32H46O15/c1-15-25(36)27(38)29(40)31(46-15)44-13-18(8-16-4-6-20(34)22(10-16)42-2)19(9-17-5-7-21(35)23(11-17)43-3)14-45-32-30(41)28(39)26(37)24(12-33)47-32/h4-7,10-11,15,18-19,24-41H,8-9,12-14H2,1-3H3/t15-,18+,19+,24-,25-,26-,27+,28+,29-,30-,31?,32-/m1/s1. The molecule has 0 bridgehead atoms. The first-order chi connectivity index (χ1) is 22.4. The summed E-state index contributed by atoms with van der Waals surface area (Å²) in [6, 6.07) is 9.62. The van der Waals surface area contributed by atoms with Gasteiger partial charge in [-0.05, 0) is 67.0 Å². The second-order valence-electron chi connectivity index (χ2n) is 12.0. The Labute approximate surface area is 272 Å². The Balaban J connectivity index is 1.66. The van der Waals surface area contributed by atoms with Crippen LogP contribution in [0.2, 0.25) is 0 Å². The van der Waals surface area contributed by atoms with E-state index < -0.39 is 79.9 Å². The van der Waals surface area contributed by atoms with Crippen LogP contribution < -0.4 is 9.47 Å². The number of ether oxygens (including phenoxy) is 6. The van der Waals surface area contributed by atoms with Crippen LogP contribution in [-0.4, -0.2) is 141 Å². The molecule has 2 aromatic carbocycles. The summed E-state index contributed by atoms with van der Waals surface area (Å²) in [5.41, 5.74) is 1.44. The lowest BCUT2D eigenvalue weighted by Gasteiger charge is -2.41. The summed E-state index contributed by atoms with van der Waals surface area (Å²) in [5, 5.41) is 92.2. The van der Waals surface area contributed by atoms with Crippen LogP contribution in [-0.2, 0) is 31.8 Å². The van der Waals surface area contributed by atoms with Crippen molar-refractivity contribution >= 4 is 0 Å². The summed E-state index contributed by atoms with van der Waals surface area (Å²) in [5.74, 6) is -0.652. The van der Waals surface area contributed by atoms with Gasteiger partial charge in [0.05, 0.1) is 40.1 Å². The van der Waals surface area contributed by atoms with Crippen LogP contribution in [0.3, 0.4) is 0 Å². The maximum Gasteiger partial charge on any atom is 0.186 e. The van der Waals surface area contributed by atoms with Gasteiger partial charge in [0.15, 0.2) is 35.6 Å². The molecule has 9 N–H and O–H groups in total. The van der Waals surface area contributed by atoms with Crippen molar-refractivity contribution in [1.29, 1.82) is 0 Å². The Hall–Kier alpha value is -2.80. The third-order valence-electron chi connectivity index (χ3n) is 8.76. The Morgan fingerprint density at radius 3 is 1.53 bits per heavy atom. The van der Waals surface area contributed by atoms with E-state index in [4.69, 9.17) is 28.4 Å². The van der Waals surface area contributed by atoms with Crippen LogP contribution in [0.4, 0.5) is 0 Å². The lowest BCUT2D eigenvalue weighted by atomic mass is 9.83. The topological polar surface area (TPSA) is 237 Å². The fourth-order valence-corrected chi connectivity index (χ4v) is 5.82. The molecule has 264 valence electrons. The molecule has 0 aliphatic carbocycles. The molecule has 2 aliphatic heterocycles. The van der Waals surface area contributed by atoms with Crippen LogP contribution in [0.15, 0.2) is 36.4 Å². The summed E-state index contributed by atoms with van der Waals surface area (Å²) in [6.45, 7) is 0.689. The Morgan fingerprint density at radius 1 is 0.638 bits per heavy atom. The molecule has 47 heavy (non-hydrogen) atoms. The van der Waals surface area contributed by atoms with Crippen molar-refractivity contribution in [3.05, 3.63) is 47.5 Å². The van der Waals surface area contributed by atoms with E-state index in [-0.39, 0.29) is 49.1 Å². The number of aromatic hydroxyl groups is 2. The monoisotopic (exact) mass is 670 g/mol. The molecule has 15 nitrogen and oxygen atoms in total. The second-order valence-corrected chi connectivity index (χ2v) is 12.0. The molecule has 2 fully saturated rings. The van der Waals surface area contributed by atoms with E-state index in [2.05, 4.69) is 0 Å². The number of phenols is 2. The predicted molar refractivity (Wildman–Crippen MR) is 162 cm³/mol. The minimum absolute atomic E-state index is 0.0667. The molecule has 0 amide bonds. The summed E-state index contributed by atoms with van der Waals surface area (Å²) < 4.78 is 33.8. The number of methoxy groups -OCH3 is 2. The van der Waals surface area contributed by atoms with Gasteiger partial charge in [0.25, 0.3) is 0 Å². The minimum Gasteiger partial charge on any atom is -0.504 e. The quantitative estimate of drug-likeness (QED) is 0.115. The van der Waals surface area contributed by atoms with Gasteiger partial charge in [-0.2, -0.15) is 0 Å². The van der Waals surface area contributed by atoms with Gasteiger partial charge in [0, 0.05) is 0 Å². The maximum atomic E-state index is 10.6. The van der Waals surface area contributed by atoms with E-state index in [1.165, 1.54) is 33.3 Å². The molecule has 2 heterocycles. The molecule has 0 spiro atoms. The van der Waals surface area contributed by atoms with Gasteiger partial charge in [-0.25, -0.2) is 0 Å². The first-order valence-electron chi connectivity index (χ1n) is 15.3. The first-order valence-corrected chi connectivity index (χ1v) is 15.3. The number of hydrogen-bond donors (Lipinski definition) is 9. The molecular weight excluding hydrogens is 624 g/mol. The fourth-order valence-electron chi connectivity index (χ4n) is 5.82. The van der Waals surface area contributed by atoms with Gasteiger partial charge >= 0.3 is 0 Å². The molecule has 2 saturated heterocycles. The molecule has 0 aromatic heterocycles. The molecule has 12 atom stereocenters. The van der Waals surface area contributed by atoms with Crippen molar-refractivity contribution in [3.63, 3.8) is 0 Å². The normalized spacial score (nSPS) is 32.5. The summed E-state index contributed by atoms with van der Waals surface area (Å²) in [4.78, 5) is 0. The number of benzene rings is 2. The summed E-state index contributed by atoms with van der Waals surface area (Å²) in [6.07, 6.45) is -13.4. The molecule has 2 aliphatic rings. The van der Waals surface area contributed by atoms with E-state index in [9.17, 15) is 46.0 Å². The first kappa shape index (κ1) is 37.0. The molecule has 15 heteroatoms. The summed E-state index contributed by atoms with van der Waals surface area (Å²) in [7, 11) is 2.83. The zero-order chi connectivity index (χ0) is 34.4. The molecular formula is C32H46O15. The van der Waals surface area contributed by atoms with Gasteiger partial charge in [-0.15, -0.1) is 0 Å². The zero-order valence-corrected chi connectivity index (χ0v) is 26.4. The van der Waals surface area contributed by atoms with Gasteiger partial charge in [0.1, 0.15) is 42.7 Å². The molecule has 4 rings (SSSR count). The number of phenolic OH excluding ortho intramolecular Hbond substituents is 2. The van der Waals surface area contributed by atoms with E-state index >= 15 is 0 Å². The molecule has 0 radical (unpaired) electrons. The van der Waals surface area contributed by atoms with Crippen LogP contribution in [0, 0.1) is 11.8 Å². The second kappa shape index (κ2) is 16.5. The summed E-state index contributed by atoms with van der Waals surface area (Å²) >= 11 is 0. The minimum atomic E-state index is -1.65. The smallest absolute Gasteiger partial charge is 0.186 e. The molecule has 1 unspecified atom stereocenters. The highest BCUT2D eigenvalue weighted by molar-refractivity contribution is 5.43. The zero-order valence-electron chi connectivity index (χ0n) is 26.4. The number of aliphatic hydroxyl groups excluding tert-OH is 7. The lowest BCUT2D eigenvalue weighted by molar-refractivity contribution is -0.306. The number of aliphatic hydroxyl groups is 7. The van der Waals surface area contributed by atoms with Crippen molar-refractivity contribution in [3.8, 4) is 23.0 Å². The van der Waals surface area contributed by atoms with Gasteiger partial charge in [-0.3, -0.25) is 0 Å². The largest absolute Gasteiger partial charge is 0.504 e. The van der Waals surface area contributed by atoms with E-state index in [0.717, 1.165) is 11.1 Å². The van der Waals surface area contributed by atoms with E-state index in [0.29, 0.717) is 0 Å². The molecule has 2 aromatic rings. The Kier molecular flexibility index (Phi) is 13.0. The van der Waals surface area contributed by atoms with Crippen LogP contribution >= 0.6 is 0 Å². The van der Waals surface area contributed by atoms with Crippen molar-refractivity contribution in [1.82, 2.24) is 0 Å². The van der Waals surface area contributed by atoms with Crippen LogP contribution in [0.1, 0.15) is 18.1 Å². The van der Waals surface area contributed by atoms with E-state index in [1.807, 2.05) is 0 Å². The third-order valence-corrected chi connectivity index (χ3v) is 8.76. The lowest BCUT2D eigenvalue weighted by Crippen LogP contribution is -2.59. The highest BCUT2D eigenvalue weighted by Gasteiger charge is 2.45. The van der Waals surface area contributed by atoms with Crippen molar-refractivity contribution in [2.24, 2.45) is 11.8 Å². The average molecular weight is 671 g/mol. The molecule has 0 saturated carbocycles. The number of rotatable bonds is 14. The van der Waals surface area contributed by atoms with Crippen molar-refractivity contribution in [2.75, 3.05) is 34.0 Å². The van der Waals surface area contributed by atoms with Gasteiger partial charge in [-0.1, -0.05) is 12.1 Å². The third kappa shape index (κ3) is 8.82. The number of hydrogen-bond acceptors (Lipinski definition) is 15. The van der Waals surface area contributed by atoms with Crippen molar-refractivity contribution in [2.45, 2.75) is 81.2 Å². The predicted octanol–water partition coefficient (Wildman–Crippen LogP) is -1.21. The van der Waals surface area contributed by atoms with Crippen molar-refractivity contribution < 1.29 is 74.4 Å². The van der Waals surface area contributed by atoms with Crippen LogP contribution in [0.5, 0.6) is 23.0 Å². The SMILES string of the molecule is COc1cc(C[C@@H](COC2O[C@H](C)[C@@H](O)[C@H](O)[C@H]2O)[C@H](CO[C@@H]2O[C@H](CO)[C@@H](O)[C@H](O)[C@H]2O)Cc2ccc(O)c(OC)c2)ccc1O. The van der Waals surface area contributed by atoms with Gasteiger partial charge in [0.2, 0.25) is 0 Å². The van der Waals surface area contributed by atoms with Crippen LogP contribution in [0.25, 0.3) is 0 Å².